The van der Waals surface area contributed by atoms with E-state index in [0.29, 0.717) is 10.6 Å². The molecule has 3 N–H and O–H groups in total. The summed E-state index contributed by atoms with van der Waals surface area (Å²) >= 11 is 4.89. The molecule has 0 atom stereocenters. The van der Waals surface area contributed by atoms with Gasteiger partial charge in [-0.05, 0) is 12.2 Å². The molecule has 0 radical (unpaired) electrons. The summed E-state index contributed by atoms with van der Waals surface area (Å²) in [7, 11) is 0. The van der Waals surface area contributed by atoms with Crippen LogP contribution in [0.2, 0.25) is 0 Å². The number of nitrogen functional groups attached to an aromatic ring is 1. The second-order valence-corrected chi connectivity index (χ2v) is 2.98. The number of H-pyrrole nitrogens is 1. The molecule has 0 aliphatic rings. The average Bonchev–Trinajstić information content (AvgIpc) is 2.49. The lowest BCUT2D eigenvalue weighted by molar-refractivity contribution is 0.984. The first-order valence-electron chi connectivity index (χ1n) is 3.77. The van der Waals surface area contributed by atoms with Crippen molar-refractivity contribution >= 4 is 12.2 Å². The summed E-state index contributed by atoms with van der Waals surface area (Å²) in [5.74, 6) is 6.30. The summed E-state index contributed by atoms with van der Waals surface area (Å²) in [6.45, 7) is 0. The Bertz CT molecular complexity index is 456. The number of aromatic nitrogens is 3. The van der Waals surface area contributed by atoms with Crippen LogP contribution < -0.4 is 5.84 Å². The topological polar surface area (TPSA) is 59.6 Å². The molecule has 1 aromatic carbocycles. The van der Waals surface area contributed by atoms with Crippen molar-refractivity contribution in [2.45, 2.75) is 0 Å². The molecule has 0 aliphatic carbocycles. The van der Waals surface area contributed by atoms with Crippen LogP contribution in [0.1, 0.15) is 0 Å². The fourth-order valence-electron chi connectivity index (χ4n) is 1.10. The van der Waals surface area contributed by atoms with E-state index in [1.54, 1.807) is 0 Å². The molecule has 0 unspecified atom stereocenters. The highest BCUT2D eigenvalue weighted by Gasteiger charge is 2.03. The van der Waals surface area contributed by atoms with Gasteiger partial charge >= 0.3 is 0 Å². The molecule has 5 heteroatoms. The number of nitrogens with one attached hydrogen (secondary N) is 1. The fraction of sp³-hybridized carbons (Fsp3) is 0. The van der Waals surface area contributed by atoms with Crippen LogP contribution in [-0.2, 0) is 0 Å². The van der Waals surface area contributed by atoms with E-state index in [-0.39, 0.29) is 0 Å². The van der Waals surface area contributed by atoms with Gasteiger partial charge in [0.2, 0.25) is 4.77 Å². The highest BCUT2D eigenvalue weighted by Crippen LogP contribution is 2.13. The molecule has 0 fully saturated rings. The van der Waals surface area contributed by atoms with Gasteiger partial charge in [-0.1, -0.05) is 30.3 Å². The summed E-state index contributed by atoms with van der Waals surface area (Å²) in [4.78, 5) is 0. The third-order valence-electron chi connectivity index (χ3n) is 1.74. The first-order valence-corrected chi connectivity index (χ1v) is 4.18. The summed E-state index contributed by atoms with van der Waals surface area (Å²) in [5, 5.41) is 6.63. The lowest BCUT2D eigenvalue weighted by Crippen LogP contribution is -2.09. The van der Waals surface area contributed by atoms with Crippen LogP contribution >= 0.6 is 12.2 Å². The Kier molecular flexibility index (Phi) is 1.86. The Morgan fingerprint density at radius 3 is 2.54 bits per heavy atom. The molecular weight excluding hydrogens is 184 g/mol. The monoisotopic (exact) mass is 192 g/mol. The maximum Gasteiger partial charge on any atom is 0.214 e. The van der Waals surface area contributed by atoms with Gasteiger partial charge < -0.3 is 5.84 Å². The Morgan fingerprint density at radius 2 is 2.00 bits per heavy atom. The second-order valence-electron chi connectivity index (χ2n) is 2.59. The summed E-state index contributed by atoms with van der Waals surface area (Å²) in [5.41, 5.74) is 0.942. The number of hydrogen-bond donors (Lipinski definition) is 2. The van der Waals surface area contributed by atoms with E-state index in [4.69, 9.17) is 18.1 Å². The maximum absolute atomic E-state index is 5.65. The second kappa shape index (κ2) is 3.02. The van der Waals surface area contributed by atoms with Crippen molar-refractivity contribution in [3.63, 3.8) is 0 Å². The Hall–Kier alpha value is -1.62. The van der Waals surface area contributed by atoms with Crippen molar-refractivity contribution in [2.75, 3.05) is 5.84 Å². The van der Waals surface area contributed by atoms with Gasteiger partial charge in [-0.25, -0.2) is 9.77 Å². The van der Waals surface area contributed by atoms with Crippen molar-refractivity contribution in [1.82, 2.24) is 14.9 Å². The molecule has 0 saturated heterocycles. The maximum atomic E-state index is 5.65. The molecule has 1 aromatic heterocycles. The van der Waals surface area contributed by atoms with Gasteiger partial charge in [-0.2, -0.15) is 5.10 Å². The normalized spacial score (nSPS) is 10.2. The van der Waals surface area contributed by atoms with E-state index < -0.39 is 0 Å². The highest BCUT2D eigenvalue weighted by atomic mass is 32.1. The zero-order valence-corrected chi connectivity index (χ0v) is 7.58. The van der Waals surface area contributed by atoms with E-state index in [2.05, 4.69) is 10.2 Å². The van der Waals surface area contributed by atoms with Crippen LogP contribution in [0.5, 0.6) is 0 Å². The number of nitrogens with two attached hydrogens (primary N) is 1. The third-order valence-corrected chi connectivity index (χ3v) is 2.02. The quantitative estimate of drug-likeness (QED) is 0.529. The van der Waals surface area contributed by atoms with Crippen molar-refractivity contribution in [3.05, 3.63) is 35.1 Å². The zero-order valence-electron chi connectivity index (χ0n) is 6.77. The van der Waals surface area contributed by atoms with E-state index in [1.807, 2.05) is 30.3 Å². The molecular formula is C8H8N4S. The van der Waals surface area contributed by atoms with E-state index in [1.165, 1.54) is 4.68 Å². The molecule has 2 aromatic rings. The number of benzene rings is 1. The SMILES string of the molecule is Nn1c(-c2ccccc2)n[nH]c1=S. The molecule has 66 valence electrons. The van der Waals surface area contributed by atoms with Gasteiger partial charge in [0.25, 0.3) is 0 Å². The third kappa shape index (κ3) is 1.33. The van der Waals surface area contributed by atoms with Crippen LogP contribution in [0.4, 0.5) is 0 Å². The van der Waals surface area contributed by atoms with Crippen molar-refractivity contribution in [2.24, 2.45) is 0 Å². The van der Waals surface area contributed by atoms with Gasteiger partial charge in [-0.15, -0.1) is 0 Å². The Morgan fingerprint density at radius 1 is 1.31 bits per heavy atom. The molecule has 0 aliphatic heterocycles. The van der Waals surface area contributed by atoms with Crippen LogP contribution in [0, 0.1) is 4.77 Å². The molecule has 0 amide bonds. The molecule has 13 heavy (non-hydrogen) atoms. The minimum atomic E-state index is 0.416. The van der Waals surface area contributed by atoms with Crippen molar-refractivity contribution in [3.8, 4) is 11.4 Å². The molecule has 4 nitrogen and oxygen atoms in total. The van der Waals surface area contributed by atoms with Crippen molar-refractivity contribution < 1.29 is 0 Å². The number of nitrogens with zero attached hydrogens (tertiary/aromatic N) is 2. The summed E-state index contributed by atoms with van der Waals surface area (Å²) in [6, 6.07) is 9.63. The minimum Gasteiger partial charge on any atom is -0.335 e. The number of rotatable bonds is 1. The first-order chi connectivity index (χ1) is 6.29. The lowest BCUT2D eigenvalue weighted by atomic mass is 10.2. The largest absolute Gasteiger partial charge is 0.335 e. The van der Waals surface area contributed by atoms with Gasteiger partial charge in [0.15, 0.2) is 5.82 Å². The van der Waals surface area contributed by atoms with Crippen LogP contribution in [0.3, 0.4) is 0 Å². The Balaban J connectivity index is 2.60. The van der Waals surface area contributed by atoms with Gasteiger partial charge in [0.05, 0.1) is 0 Å². The highest BCUT2D eigenvalue weighted by molar-refractivity contribution is 7.71. The van der Waals surface area contributed by atoms with Gasteiger partial charge in [0, 0.05) is 5.56 Å². The zero-order chi connectivity index (χ0) is 9.26. The predicted octanol–water partition coefficient (Wildman–Crippen LogP) is 1.32. The van der Waals surface area contributed by atoms with E-state index in [0.717, 1.165) is 5.56 Å². The molecule has 0 saturated carbocycles. The number of hydrogen-bond acceptors (Lipinski definition) is 3. The van der Waals surface area contributed by atoms with Crippen molar-refractivity contribution in [1.29, 1.82) is 0 Å². The standard InChI is InChI=1S/C8H8N4S/c9-12-7(10-11-8(12)13)6-4-2-1-3-5-6/h1-5H,9H2,(H,11,13). The van der Waals surface area contributed by atoms with Gasteiger partial charge in [-0.3, -0.25) is 0 Å². The molecule has 0 spiro atoms. The summed E-state index contributed by atoms with van der Waals surface area (Å²) < 4.78 is 1.77. The van der Waals surface area contributed by atoms with E-state index in [9.17, 15) is 0 Å². The number of aromatic amines is 1. The smallest absolute Gasteiger partial charge is 0.214 e. The van der Waals surface area contributed by atoms with E-state index >= 15 is 0 Å². The minimum absolute atomic E-state index is 0.416. The lowest BCUT2D eigenvalue weighted by Gasteiger charge is -1.98. The molecule has 1 heterocycles. The van der Waals surface area contributed by atoms with Crippen LogP contribution in [0.25, 0.3) is 11.4 Å². The van der Waals surface area contributed by atoms with Crippen LogP contribution in [-0.4, -0.2) is 14.9 Å². The molecule has 2 rings (SSSR count). The molecule has 0 bridgehead atoms. The van der Waals surface area contributed by atoms with Crippen LogP contribution in [0.15, 0.2) is 30.3 Å². The Labute approximate surface area is 80.0 Å². The predicted molar refractivity (Wildman–Crippen MR) is 53.0 cm³/mol. The first kappa shape index (κ1) is 8.00. The summed E-state index contributed by atoms with van der Waals surface area (Å²) in [6.07, 6.45) is 0. The fourth-order valence-corrected chi connectivity index (χ4v) is 1.23. The average molecular weight is 192 g/mol. The van der Waals surface area contributed by atoms with Gasteiger partial charge in [0.1, 0.15) is 0 Å².